The van der Waals surface area contributed by atoms with Crippen molar-refractivity contribution < 1.29 is 19.8 Å². The lowest BCUT2D eigenvalue weighted by atomic mass is 10.0. The van der Waals surface area contributed by atoms with Crippen molar-refractivity contribution in [1.29, 1.82) is 0 Å². The highest BCUT2D eigenvalue weighted by molar-refractivity contribution is 5.81. The summed E-state index contributed by atoms with van der Waals surface area (Å²) in [6.45, 7) is -0.0736. The molecule has 11 heavy (non-hydrogen) atoms. The monoisotopic (exact) mass is 159 g/mol. The van der Waals surface area contributed by atoms with Crippen molar-refractivity contribution in [3.8, 4) is 0 Å². The van der Waals surface area contributed by atoms with Crippen molar-refractivity contribution in [2.75, 3.05) is 19.7 Å². The number of aliphatic carboxylic acids is 1. The van der Waals surface area contributed by atoms with E-state index < -0.39 is 24.4 Å². The fourth-order valence-electron chi connectivity index (χ4n) is 0.938. The molecule has 1 rings (SSSR count). The highest BCUT2D eigenvalue weighted by atomic mass is 16.4. The first-order valence-corrected chi connectivity index (χ1v) is 3.26. The third-order valence-corrected chi connectivity index (χ3v) is 1.72. The Morgan fingerprint density at radius 3 is 2.36 bits per heavy atom. The van der Waals surface area contributed by atoms with Crippen molar-refractivity contribution in [2.24, 2.45) is 5.92 Å². The van der Waals surface area contributed by atoms with Gasteiger partial charge < -0.3 is 15.1 Å². The van der Waals surface area contributed by atoms with Gasteiger partial charge in [0, 0.05) is 13.1 Å². The van der Waals surface area contributed by atoms with Crippen LogP contribution in [-0.2, 0) is 9.59 Å². The second kappa shape index (κ2) is 2.87. The number of rotatable bonds is 2. The van der Waals surface area contributed by atoms with Gasteiger partial charge in [0.2, 0.25) is 5.91 Å². The number of aliphatic hydroxyl groups is 1. The van der Waals surface area contributed by atoms with E-state index in [0.717, 1.165) is 0 Å². The Morgan fingerprint density at radius 1 is 1.45 bits per heavy atom. The van der Waals surface area contributed by atoms with E-state index in [1.54, 1.807) is 0 Å². The van der Waals surface area contributed by atoms with E-state index in [1.165, 1.54) is 4.90 Å². The van der Waals surface area contributed by atoms with Gasteiger partial charge in [0.15, 0.2) is 0 Å². The van der Waals surface area contributed by atoms with Crippen LogP contribution in [0, 0.1) is 5.92 Å². The molecule has 1 fully saturated rings. The van der Waals surface area contributed by atoms with Crippen LogP contribution in [-0.4, -0.2) is 46.7 Å². The molecule has 1 aliphatic rings. The van der Waals surface area contributed by atoms with Crippen molar-refractivity contribution in [3.63, 3.8) is 0 Å². The lowest BCUT2D eigenvalue weighted by molar-refractivity contribution is -0.153. The zero-order valence-electron chi connectivity index (χ0n) is 5.86. The first-order chi connectivity index (χ1) is 5.15. The van der Waals surface area contributed by atoms with E-state index in [9.17, 15) is 9.59 Å². The molecule has 0 aromatic carbocycles. The zero-order valence-corrected chi connectivity index (χ0v) is 5.86. The Kier molecular flexibility index (Phi) is 2.09. The number of carboxylic acids is 1. The molecule has 1 amide bonds. The first kappa shape index (κ1) is 8.00. The van der Waals surface area contributed by atoms with Gasteiger partial charge in [-0.15, -0.1) is 0 Å². The summed E-state index contributed by atoms with van der Waals surface area (Å²) >= 11 is 0. The van der Waals surface area contributed by atoms with Crippen LogP contribution in [0.15, 0.2) is 0 Å². The standard InChI is InChI=1S/C6H9NO4/c8-3-5(9)7-1-4(2-7)6(10)11/h4,8H,1-3H2,(H,10,11). The Labute approximate surface area is 63.2 Å². The SMILES string of the molecule is O=C(O)C1CN(C(=O)CO)C1. The molecule has 1 heterocycles. The van der Waals surface area contributed by atoms with E-state index in [0.29, 0.717) is 0 Å². The summed E-state index contributed by atoms with van der Waals surface area (Å²) in [5, 5.41) is 16.8. The molecule has 0 aromatic heterocycles. The summed E-state index contributed by atoms with van der Waals surface area (Å²) in [5.74, 6) is -1.72. The molecular weight excluding hydrogens is 150 g/mol. The number of likely N-dealkylation sites (tertiary alicyclic amines) is 1. The van der Waals surface area contributed by atoms with Crippen LogP contribution >= 0.6 is 0 Å². The van der Waals surface area contributed by atoms with Crippen LogP contribution in [0.5, 0.6) is 0 Å². The quantitative estimate of drug-likeness (QED) is 0.515. The van der Waals surface area contributed by atoms with E-state index in [1.807, 2.05) is 0 Å². The van der Waals surface area contributed by atoms with Crippen molar-refractivity contribution >= 4 is 11.9 Å². The van der Waals surface area contributed by atoms with E-state index >= 15 is 0 Å². The minimum atomic E-state index is -0.882. The summed E-state index contributed by atoms with van der Waals surface area (Å²) in [5.41, 5.74) is 0. The molecule has 5 nitrogen and oxygen atoms in total. The van der Waals surface area contributed by atoms with Crippen LogP contribution in [0.1, 0.15) is 0 Å². The molecule has 0 bridgehead atoms. The number of carbonyl (C=O) groups excluding carboxylic acids is 1. The third-order valence-electron chi connectivity index (χ3n) is 1.72. The third kappa shape index (κ3) is 1.48. The van der Waals surface area contributed by atoms with Gasteiger partial charge in [0.25, 0.3) is 0 Å². The Bertz CT molecular complexity index is 185. The second-order valence-electron chi connectivity index (χ2n) is 2.49. The largest absolute Gasteiger partial charge is 0.481 e. The molecule has 62 valence electrons. The molecule has 2 N–H and O–H groups in total. The Balaban J connectivity index is 2.29. The van der Waals surface area contributed by atoms with Crippen molar-refractivity contribution in [3.05, 3.63) is 0 Å². The van der Waals surface area contributed by atoms with Crippen LogP contribution < -0.4 is 0 Å². The number of aliphatic hydroxyl groups excluding tert-OH is 1. The predicted octanol–water partition coefficient (Wildman–Crippen LogP) is -1.48. The molecule has 1 aliphatic heterocycles. The van der Waals surface area contributed by atoms with Crippen molar-refractivity contribution in [1.82, 2.24) is 4.90 Å². The normalized spacial score (nSPS) is 17.7. The lowest BCUT2D eigenvalue weighted by Crippen LogP contribution is -2.53. The summed E-state index contributed by atoms with van der Waals surface area (Å²) < 4.78 is 0. The second-order valence-corrected chi connectivity index (χ2v) is 2.49. The predicted molar refractivity (Wildman–Crippen MR) is 34.8 cm³/mol. The van der Waals surface area contributed by atoms with Crippen LogP contribution in [0.4, 0.5) is 0 Å². The number of nitrogens with zero attached hydrogens (tertiary/aromatic N) is 1. The Morgan fingerprint density at radius 2 is 2.00 bits per heavy atom. The number of hydrogen-bond acceptors (Lipinski definition) is 3. The molecule has 0 saturated carbocycles. The lowest BCUT2D eigenvalue weighted by Gasteiger charge is -2.36. The molecule has 0 atom stereocenters. The molecule has 1 saturated heterocycles. The molecule has 0 radical (unpaired) electrons. The van der Waals surface area contributed by atoms with Gasteiger partial charge in [-0.05, 0) is 0 Å². The molecule has 0 aliphatic carbocycles. The Hall–Kier alpha value is -1.10. The van der Waals surface area contributed by atoms with E-state index in [2.05, 4.69) is 0 Å². The van der Waals surface area contributed by atoms with E-state index in [-0.39, 0.29) is 13.1 Å². The van der Waals surface area contributed by atoms with Gasteiger partial charge in [-0.25, -0.2) is 0 Å². The summed E-state index contributed by atoms with van der Waals surface area (Å²) in [6.07, 6.45) is 0. The van der Waals surface area contributed by atoms with Gasteiger partial charge in [0.1, 0.15) is 6.61 Å². The van der Waals surface area contributed by atoms with E-state index in [4.69, 9.17) is 10.2 Å². The van der Waals surface area contributed by atoms with Gasteiger partial charge >= 0.3 is 5.97 Å². The molecular formula is C6H9NO4. The number of carbonyl (C=O) groups is 2. The fraction of sp³-hybridized carbons (Fsp3) is 0.667. The number of carboxylic acid groups (broad SMARTS) is 1. The number of hydrogen-bond donors (Lipinski definition) is 2. The summed E-state index contributed by atoms with van der Waals surface area (Å²) in [4.78, 5) is 22.2. The van der Waals surface area contributed by atoms with Crippen LogP contribution in [0.3, 0.4) is 0 Å². The molecule has 5 heteroatoms. The van der Waals surface area contributed by atoms with Crippen molar-refractivity contribution in [2.45, 2.75) is 0 Å². The minimum absolute atomic E-state index is 0.231. The zero-order chi connectivity index (χ0) is 8.43. The minimum Gasteiger partial charge on any atom is -0.481 e. The van der Waals surface area contributed by atoms with Gasteiger partial charge in [-0.3, -0.25) is 9.59 Å². The highest BCUT2D eigenvalue weighted by Gasteiger charge is 2.34. The molecule has 0 spiro atoms. The average molecular weight is 159 g/mol. The maximum Gasteiger partial charge on any atom is 0.310 e. The fourth-order valence-corrected chi connectivity index (χ4v) is 0.938. The highest BCUT2D eigenvalue weighted by Crippen LogP contribution is 2.14. The summed E-state index contributed by atoms with van der Waals surface area (Å²) in [7, 11) is 0. The average Bonchev–Trinajstić information content (AvgIpc) is 1.83. The molecule has 0 unspecified atom stereocenters. The van der Waals surface area contributed by atoms with Crippen LogP contribution in [0.25, 0.3) is 0 Å². The summed E-state index contributed by atoms with van der Waals surface area (Å²) in [6, 6.07) is 0. The maximum absolute atomic E-state index is 10.6. The van der Waals surface area contributed by atoms with Gasteiger partial charge in [0.05, 0.1) is 5.92 Å². The topological polar surface area (TPSA) is 77.8 Å². The smallest absolute Gasteiger partial charge is 0.310 e. The number of amides is 1. The van der Waals surface area contributed by atoms with Crippen LogP contribution in [0.2, 0.25) is 0 Å². The van der Waals surface area contributed by atoms with Gasteiger partial charge in [-0.1, -0.05) is 0 Å². The first-order valence-electron chi connectivity index (χ1n) is 3.26. The maximum atomic E-state index is 10.6. The van der Waals surface area contributed by atoms with Gasteiger partial charge in [-0.2, -0.15) is 0 Å². The molecule has 0 aromatic rings.